The van der Waals surface area contributed by atoms with Crippen LogP contribution in [0.4, 0.5) is 0 Å². The summed E-state index contributed by atoms with van der Waals surface area (Å²) in [5, 5.41) is 11.3. The van der Waals surface area contributed by atoms with Gasteiger partial charge in [-0.25, -0.2) is 0 Å². The second-order valence-electron chi connectivity index (χ2n) is 4.90. The number of para-hydroxylation sites is 1. The molecule has 0 fully saturated rings. The molecule has 0 saturated carbocycles. The third-order valence-electron chi connectivity index (χ3n) is 3.63. The number of hydrogen-bond donors (Lipinski definition) is 1. The molecule has 1 N–H and O–H groups in total. The highest BCUT2D eigenvalue weighted by Gasteiger charge is 2.14. The minimum absolute atomic E-state index is 0.0577. The van der Waals surface area contributed by atoms with Crippen molar-refractivity contribution in [1.29, 1.82) is 0 Å². The van der Waals surface area contributed by atoms with Crippen LogP contribution in [0, 0.1) is 6.92 Å². The molecule has 0 saturated heterocycles. The number of nitrogens with zero attached hydrogens (tertiary/aromatic N) is 1. The van der Waals surface area contributed by atoms with Gasteiger partial charge >= 0.3 is 0 Å². The van der Waals surface area contributed by atoms with Crippen molar-refractivity contribution in [3.8, 4) is 22.9 Å². The summed E-state index contributed by atoms with van der Waals surface area (Å²) >= 11 is 0. The zero-order chi connectivity index (χ0) is 15.0. The molecule has 21 heavy (non-hydrogen) atoms. The van der Waals surface area contributed by atoms with Gasteiger partial charge in [0.15, 0.2) is 11.5 Å². The summed E-state index contributed by atoms with van der Waals surface area (Å²) in [5.41, 5.74) is 3.09. The van der Waals surface area contributed by atoms with Gasteiger partial charge < -0.3 is 19.1 Å². The molecular weight excluding hydrogens is 266 g/mol. The van der Waals surface area contributed by atoms with Gasteiger partial charge in [-0.15, -0.1) is 0 Å². The minimum Gasteiger partial charge on any atom is -0.504 e. The molecule has 0 aliphatic carbocycles. The Labute approximate surface area is 123 Å². The molecule has 3 rings (SSSR count). The number of aromatic hydroxyl groups is 1. The van der Waals surface area contributed by atoms with Crippen molar-refractivity contribution >= 4 is 10.9 Å². The first-order valence-electron chi connectivity index (χ1n) is 6.67. The van der Waals surface area contributed by atoms with Crippen molar-refractivity contribution in [3.05, 3.63) is 48.2 Å². The lowest BCUT2D eigenvalue weighted by molar-refractivity contribution is 0.333. The average Bonchev–Trinajstić information content (AvgIpc) is 2.84. The maximum Gasteiger partial charge on any atom is 0.203 e. The highest BCUT2D eigenvalue weighted by Crippen LogP contribution is 2.39. The topological polar surface area (TPSA) is 43.6 Å². The average molecular weight is 283 g/mol. The number of aromatic nitrogens is 1. The summed E-state index contributed by atoms with van der Waals surface area (Å²) in [4.78, 5) is 0. The van der Waals surface area contributed by atoms with Gasteiger partial charge in [-0.05, 0) is 18.6 Å². The van der Waals surface area contributed by atoms with E-state index in [9.17, 15) is 5.11 Å². The van der Waals surface area contributed by atoms with Crippen LogP contribution in [0.25, 0.3) is 16.6 Å². The molecule has 0 aliphatic heterocycles. The van der Waals surface area contributed by atoms with Crippen LogP contribution in [0.5, 0.6) is 17.2 Å². The molecule has 0 unspecified atom stereocenters. The number of benzene rings is 2. The van der Waals surface area contributed by atoms with Gasteiger partial charge in [0, 0.05) is 23.7 Å². The number of aryl methyl sites for hydroxylation is 1. The summed E-state index contributed by atoms with van der Waals surface area (Å²) < 4.78 is 12.5. The van der Waals surface area contributed by atoms with Gasteiger partial charge in [-0.1, -0.05) is 18.2 Å². The number of rotatable bonds is 3. The van der Waals surface area contributed by atoms with Gasteiger partial charge in [0.05, 0.1) is 25.4 Å². The van der Waals surface area contributed by atoms with E-state index in [4.69, 9.17) is 9.47 Å². The van der Waals surface area contributed by atoms with Crippen LogP contribution in [0.2, 0.25) is 0 Å². The summed E-state index contributed by atoms with van der Waals surface area (Å²) in [6.45, 7) is 2.07. The third-order valence-corrected chi connectivity index (χ3v) is 3.63. The summed E-state index contributed by atoms with van der Waals surface area (Å²) in [6, 6.07) is 11.7. The fourth-order valence-corrected chi connectivity index (χ4v) is 2.63. The molecule has 0 aliphatic rings. The fraction of sp³-hybridized carbons (Fsp3) is 0.176. The Kier molecular flexibility index (Phi) is 3.22. The van der Waals surface area contributed by atoms with E-state index in [1.165, 1.54) is 18.1 Å². The van der Waals surface area contributed by atoms with Crippen LogP contribution < -0.4 is 9.47 Å². The maximum atomic E-state index is 10.1. The lowest BCUT2D eigenvalue weighted by Crippen LogP contribution is -1.96. The Hall–Kier alpha value is -2.62. The minimum atomic E-state index is 0.0577. The van der Waals surface area contributed by atoms with E-state index in [0.717, 1.165) is 11.2 Å². The standard InChI is InChI=1S/C17H17NO3/c1-11-10-18(14-7-5-4-6-13(11)14)12-8-15(19)17(21-3)16(9-12)20-2/h4-10,19H,1-3H3. The molecule has 4 heteroatoms. The molecule has 2 aromatic carbocycles. The van der Waals surface area contributed by atoms with Crippen molar-refractivity contribution < 1.29 is 14.6 Å². The Balaban J connectivity index is 2.26. The van der Waals surface area contributed by atoms with Crippen molar-refractivity contribution in [2.75, 3.05) is 14.2 Å². The van der Waals surface area contributed by atoms with Crippen LogP contribution in [-0.4, -0.2) is 23.9 Å². The summed E-state index contributed by atoms with van der Waals surface area (Å²) in [6.07, 6.45) is 2.05. The van der Waals surface area contributed by atoms with Gasteiger partial charge in [0.2, 0.25) is 5.75 Å². The fourth-order valence-electron chi connectivity index (χ4n) is 2.63. The number of phenolic OH excluding ortho intramolecular Hbond substituents is 1. The highest BCUT2D eigenvalue weighted by atomic mass is 16.5. The number of phenols is 1. The van der Waals surface area contributed by atoms with E-state index in [-0.39, 0.29) is 5.75 Å². The largest absolute Gasteiger partial charge is 0.504 e. The van der Waals surface area contributed by atoms with E-state index < -0.39 is 0 Å². The van der Waals surface area contributed by atoms with Crippen LogP contribution >= 0.6 is 0 Å². The van der Waals surface area contributed by atoms with Crippen LogP contribution in [-0.2, 0) is 0 Å². The van der Waals surface area contributed by atoms with E-state index >= 15 is 0 Å². The molecule has 0 radical (unpaired) electrons. The number of hydrogen-bond acceptors (Lipinski definition) is 3. The van der Waals surface area contributed by atoms with E-state index in [1.54, 1.807) is 13.2 Å². The monoisotopic (exact) mass is 283 g/mol. The molecule has 0 amide bonds. The number of methoxy groups -OCH3 is 2. The Bertz CT molecular complexity index is 805. The Morgan fingerprint density at radius 1 is 1.05 bits per heavy atom. The molecular formula is C17H17NO3. The van der Waals surface area contributed by atoms with Crippen molar-refractivity contribution in [1.82, 2.24) is 4.57 Å². The number of ether oxygens (including phenoxy) is 2. The molecule has 108 valence electrons. The highest BCUT2D eigenvalue weighted by molar-refractivity contribution is 5.85. The zero-order valence-corrected chi connectivity index (χ0v) is 12.3. The first kappa shape index (κ1) is 13.4. The molecule has 1 aromatic heterocycles. The van der Waals surface area contributed by atoms with Crippen molar-refractivity contribution in [2.45, 2.75) is 6.92 Å². The molecule has 0 atom stereocenters. The number of fused-ring (bicyclic) bond motifs is 1. The second kappa shape index (κ2) is 5.05. The lowest BCUT2D eigenvalue weighted by atomic mass is 10.2. The third kappa shape index (κ3) is 2.09. The Morgan fingerprint density at radius 2 is 1.81 bits per heavy atom. The van der Waals surface area contributed by atoms with E-state index in [1.807, 2.05) is 29.0 Å². The van der Waals surface area contributed by atoms with Crippen LogP contribution in [0.3, 0.4) is 0 Å². The molecule has 3 aromatic rings. The van der Waals surface area contributed by atoms with E-state index in [0.29, 0.717) is 11.5 Å². The van der Waals surface area contributed by atoms with Gasteiger partial charge in [0.1, 0.15) is 0 Å². The van der Waals surface area contributed by atoms with Crippen molar-refractivity contribution in [2.24, 2.45) is 0 Å². The van der Waals surface area contributed by atoms with Crippen LogP contribution in [0.1, 0.15) is 5.56 Å². The van der Waals surface area contributed by atoms with Crippen molar-refractivity contribution in [3.63, 3.8) is 0 Å². The first-order chi connectivity index (χ1) is 10.2. The predicted molar refractivity (Wildman–Crippen MR) is 82.8 cm³/mol. The predicted octanol–water partition coefficient (Wildman–Crippen LogP) is 3.66. The second-order valence-corrected chi connectivity index (χ2v) is 4.90. The normalized spacial score (nSPS) is 10.8. The maximum absolute atomic E-state index is 10.1. The van der Waals surface area contributed by atoms with Gasteiger partial charge in [-0.3, -0.25) is 0 Å². The van der Waals surface area contributed by atoms with E-state index in [2.05, 4.69) is 19.1 Å². The van der Waals surface area contributed by atoms with Gasteiger partial charge in [-0.2, -0.15) is 0 Å². The Morgan fingerprint density at radius 3 is 2.52 bits per heavy atom. The first-order valence-corrected chi connectivity index (χ1v) is 6.67. The summed E-state index contributed by atoms with van der Waals surface area (Å²) in [7, 11) is 3.06. The molecule has 0 bridgehead atoms. The SMILES string of the molecule is COc1cc(-n2cc(C)c3ccccc32)cc(O)c1OC. The zero-order valence-electron chi connectivity index (χ0n) is 12.3. The molecule has 1 heterocycles. The smallest absolute Gasteiger partial charge is 0.203 e. The van der Waals surface area contributed by atoms with Crippen LogP contribution in [0.15, 0.2) is 42.6 Å². The summed E-state index contributed by atoms with van der Waals surface area (Å²) in [5.74, 6) is 0.902. The van der Waals surface area contributed by atoms with Gasteiger partial charge in [0.25, 0.3) is 0 Å². The molecule has 4 nitrogen and oxygen atoms in total. The molecule has 0 spiro atoms. The lowest BCUT2D eigenvalue weighted by Gasteiger charge is -2.13. The quantitative estimate of drug-likeness (QED) is 0.797.